The third kappa shape index (κ3) is 5.22. The maximum absolute atomic E-state index is 6.77. The summed E-state index contributed by atoms with van der Waals surface area (Å²) < 4.78 is 9.22. The van der Waals surface area contributed by atoms with E-state index in [0.29, 0.717) is 17.5 Å². The lowest BCUT2D eigenvalue weighted by molar-refractivity contribution is 0.298. The van der Waals surface area contributed by atoms with E-state index in [4.69, 9.17) is 19.4 Å². The first-order valence-electron chi connectivity index (χ1n) is 20.8. The number of hydrogen-bond donors (Lipinski definition) is 0. The summed E-state index contributed by atoms with van der Waals surface area (Å²) in [6, 6.07) is 62.6. The van der Waals surface area contributed by atoms with Crippen LogP contribution in [-0.2, 0) is 0 Å². The Morgan fingerprint density at radius 1 is 0.483 bits per heavy atom. The van der Waals surface area contributed by atoms with Crippen molar-refractivity contribution in [3.05, 3.63) is 193 Å². The van der Waals surface area contributed by atoms with Gasteiger partial charge < -0.3 is 8.98 Å². The van der Waals surface area contributed by atoms with Crippen LogP contribution in [0.1, 0.15) is 49.3 Å². The molecule has 0 bridgehead atoms. The van der Waals surface area contributed by atoms with Crippen molar-refractivity contribution in [3.8, 4) is 39.9 Å². The molecule has 286 valence electrons. The minimum Gasteiger partial charge on any atom is -0.456 e. The molecule has 5 nitrogen and oxygen atoms in total. The van der Waals surface area contributed by atoms with Gasteiger partial charge in [0.1, 0.15) is 11.2 Å². The molecule has 2 atom stereocenters. The predicted molar refractivity (Wildman–Crippen MR) is 246 cm³/mol. The average Bonchev–Trinajstić information content (AvgIpc) is 3.79. The summed E-state index contributed by atoms with van der Waals surface area (Å²) in [5.41, 5.74) is 12.0. The second-order valence-electron chi connectivity index (χ2n) is 17.2. The van der Waals surface area contributed by atoms with E-state index >= 15 is 0 Å². The maximum Gasteiger partial charge on any atom is 0.164 e. The van der Waals surface area contributed by atoms with Gasteiger partial charge in [0.05, 0.1) is 11.0 Å². The molecule has 0 saturated carbocycles. The Labute approximate surface area is 347 Å². The lowest BCUT2D eigenvalue weighted by Crippen LogP contribution is -2.26. The first kappa shape index (κ1) is 34.7. The smallest absolute Gasteiger partial charge is 0.164 e. The fourth-order valence-corrected chi connectivity index (χ4v) is 10.2. The molecule has 60 heavy (non-hydrogen) atoms. The second-order valence-corrected chi connectivity index (χ2v) is 17.2. The van der Waals surface area contributed by atoms with Crippen LogP contribution in [0, 0.1) is 5.41 Å². The van der Waals surface area contributed by atoms with Crippen LogP contribution in [0.2, 0.25) is 0 Å². The van der Waals surface area contributed by atoms with E-state index < -0.39 is 0 Å². The number of rotatable bonds is 5. The molecular weight excluding hydrogens is 733 g/mol. The molecule has 8 aromatic carbocycles. The zero-order valence-electron chi connectivity index (χ0n) is 33.6. The van der Waals surface area contributed by atoms with Crippen LogP contribution in [0.3, 0.4) is 0 Å². The van der Waals surface area contributed by atoms with Gasteiger partial charge in [-0.2, -0.15) is 0 Å². The monoisotopic (exact) mass is 772 g/mol. The number of hydrogen-bond acceptors (Lipinski definition) is 4. The number of fused-ring (bicyclic) bond motifs is 3. The zero-order valence-corrected chi connectivity index (χ0v) is 33.6. The van der Waals surface area contributed by atoms with E-state index in [-0.39, 0.29) is 17.3 Å². The number of aromatic nitrogens is 4. The molecule has 12 rings (SSSR count). The molecule has 2 unspecified atom stereocenters. The van der Waals surface area contributed by atoms with Gasteiger partial charge in [-0.3, -0.25) is 0 Å². The van der Waals surface area contributed by atoms with Crippen LogP contribution in [0.25, 0.3) is 94.4 Å². The molecule has 0 radical (unpaired) electrons. The Balaban J connectivity index is 1.09. The maximum atomic E-state index is 6.77. The molecule has 3 heterocycles. The fraction of sp³-hybridized carbons (Fsp3) is 0.109. The quantitative estimate of drug-likeness (QED) is 0.175. The Hall–Kier alpha value is -7.37. The fourth-order valence-electron chi connectivity index (χ4n) is 10.2. The van der Waals surface area contributed by atoms with Gasteiger partial charge in [-0.1, -0.05) is 160 Å². The summed E-state index contributed by atoms with van der Waals surface area (Å²) in [5, 5.41) is 7.29. The highest BCUT2D eigenvalue weighted by atomic mass is 16.3. The van der Waals surface area contributed by atoms with Crippen molar-refractivity contribution in [2.24, 2.45) is 5.41 Å². The van der Waals surface area contributed by atoms with E-state index in [9.17, 15) is 0 Å². The third-order valence-corrected chi connectivity index (χ3v) is 12.6. The first-order chi connectivity index (χ1) is 29.4. The largest absolute Gasteiger partial charge is 0.456 e. The molecule has 11 aromatic rings. The molecule has 0 N–H and O–H groups in total. The topological polar surface area (TPSA) is 56.7 Å². The molecule has 0 fully saturated rings. The van der Waals surface area contributed by atoms with Crippen LogP contribution in [-0.4, -0.2) is 19.5 Å². The van der Waals surface area contributed by atoms with Gasteiger partial charge in [-0.05, 0) is 63.2 Å². The normalized spacial score (nSPS) is 15.2. The zero-order chi connectivity index (χ0) is 40.1. The summed E-state index contributed by atoms with van der Waals surface area (Å²) in [6.45, 7) is 7.21. The molecule has 5 heteroatoms. The molecule has 1 aliphatic rings. The summed E-state index contributed by atoms with van der Waals surface area (Å²) in [7, 11) is 0. The van der Waals surface area contributed by atoms with Crippen molar-refractivity contribution < 1.29 is 4.42 Å². The highest BCUT2D eigenvalue weighted by molar-refractivity contribution is 6.24. The van der Waals surface area contributed by atoms with Crippen LogP contribution >= 0.6 is 0 Å². The second kappa shape index (κ2) is 13.1. The standard InChI is InChI=1S/C55H40N4O/c1-55(2,3)51-40-24-13-22-34-28-31-43-50(46(34)40)49-39(47(51)33-16-7-4-8-17-33)23-14-26-42(49)59(43)37-29-30-38-45(32-37)60-44-27-15-25-41(48(38)44)54-57-52(35-18-9-5-10-19-35)56-53(58-54)36-20-11-6-12-21-36/h4-32,47,51H,1-3H3. The van der Waals surface area contributed by atoms with Crippen LogP contribution in [0.15, 0.2) is 180 Å². The SMILES string of the molecule is CC(C)(C)C1c2cccc3ccc4c(c23)c2c(cccc2n4-c2ccc3c(c2)oc2cccc(-c4nc(-c5ccccc5)nc(-c5ccccc5)n4)c23)C1c1ccccc1. The summed E-state index contributed by atoms with van der Waals surface area (Å²) in [5.74, 6) is 2.30. The minimum atomic E-state index is -0.00270. The summed E-state index contributed by atoms with van der Waals surface area (Å²) >= 11 is 0. The van der Waals surface area contributed by atoms with Gasteiger partial charge in [-0.15, -0.1) is 0 Å². The molecule has 0 aliphatic heterocycles. The molecule has 3 aromatic heterocycles. The number of furan rings is 1. The van der Waals surface area contributed by atoms with Crippen LogP contribution in [0.5, 0.6) is 0 Å². The van der Waals surface area contributed by atoms with Crippen molar-refractivity contribution in [2.75, 3.05) is 0 Å². The molecule has 0 saturated heterocycles. The van der Waals surface area contributed by atoms with Crippen LogP contribution < -0.4 is 0 Å². The lowest BCUT2D eigenvalue weighted by Gasteiger charge is -2.38. The average molecular weight is 773 g/mol. The summed E-state index contributed by atoms with van der Waals surface area (Å²) in [6.07, 6.45) is 0. The predicted octanol–water partition coefficient (Wildman–Crippen LogP) is 14.3. The van der Waals surface area contributed by atoms with Gasteiger partial charge in [0.15, 0.2) is 17.5 Å². The highest BCUT2D eigenvalue weighted by Gasteiger charge is 2.40. The molecule has 0 spiro atoms. The van der Waals surface area contributed by atoms with Gasteiger partial charge in [0.2, 0.25) is 0 Å². The highest BCUT2D eigenvalue weighted by Crippen LogP contribution is 2.56. The Bertz CT molecular complexity index is 3410. The third-order valence-electron chi connectivity index (χ3n) is 12.6. The molecule has 1 aliphatic carbocycles. The van der Waals surface area contributed by atoms with E-state index in [0.717, 1.165) is 44.3 Å². The number of benzene rings is 8. The van der Waals surface area contributed by atoms with Gasteiger partial charge >= 0.3 is 0 Å². The van der Waals surface area contributed by atoms with Crippen molar-refractivity contribution in [1.82, 2.24) is 19.5 Å². The lowest BCUT2D eigenvalue weighted by atomic mass is 9.65. The van der Waals surface area contributed by atoms with E-state index in [1.54, 1.807) is 0 Å². The van der Waals surface area contributed by atoms with E-state index in [1.165, 1.54) is 49.3 Å². The van der Waals surface area contributed by atoms with E-state index in [1.807, 2.05) is 72.8 Å². The van der Waals surface area contributed by atoms with Crippen molar-refractivity contribution in [3.63, 3.8) is 0 Å². The van der Waals surface area contributed by atoms with Gasteiger partial charge in [0, 0.05) is 61.8 Å². The number of nitrogens with zero attached hydrogens (tertiary/aromatic N) is 4. The van der Waals surface area contributed by atoms with Crippen molar-refractivity contribution >= 4 is 54.5 Å². The first-order valence-corrected chi connectivity index (χ1v) is 20.8. The Kier molecular flexibility index (Phi) is 7.55. The van der Waals surface area contributed by atoms with Crippen LogP contribution in [0.4, 0.5) is 0 Å². The Morgan fingerprint density at radius 3 is 1.83 bits per heavy atom. The van der Waals surface area contributed by atoms with E-state index in [2.05, 4.69) is 128 Å². The Morgan fingerprint density at radius 2 is 1.12 bits per heavy atom. The van der Waals surface area contributed by atoms with Crippen molar-refractivity contribution in [2.45, 2.75) is 32.6 Å². The molecular formula is C55H40N4O. The minimum absolute atomic E-state index is 0.00270. The summed E-state index contributed by atoms with van der Waals surface area (Å²) in [4.78, 5) is 15.1. The van der Waals surface area contributed by atoms with Gasteiger partial charge in [0.25, 0.3) is 0 Å². The molecule has 0 amide bonds. The van der Waals surface area contributed by atoms with Crippen molar-refractivity contribution in [1.29, 1.82) is 0 Å². The van der Waals surface area contributed by atoms with Gasteiger partial charge in [-0.25, -0.2) is 15.0 Å².